The van der Waals surface area contributed by atoms with Crippen LogP contribution in [0.4, 0.5) is 0 Å². The number of likely N-dealkylation sites (tertiary alicyclic amines) is 1. The highest BCUT2D eigenvalue weighted by atomic mass is 32.1. The maximum Gasteiger partial charge on any atom is 0.273 e. The van der Waals surface area contributed by atoms with E-state index in [-0.39, 0.29) is 11.9 Å². The van der Waals surface area contributed by atoms with Crippen LogP contribution in [0.2, 0.25) is 0 Å². The second-order valence-corrected chi connectivity index (χ2v) is 7.97. The Hall–Kier alpha value is -2.86. The van der Waals surface area contributed by atoms with Gasteiger partial charge in [-0.25, -0.2) is 4.98 Å². The minimum atomic E-state index is 0.0198. The third-order valence-corrected chi connectivity index (χ3v) is 6.20. The molecule has 1 unspecified atom stereocenters. The zero-order chi connectivity index (χ0) is 20.2. The molecule has 0 saturated carbocycles. The number of aromatic nitrogens is 1. The van der Waals surface area contributed by atoms with Crippen molar-refractivity contribution >= 4 is 17.2 Å². The summed E-state index contributed by atoms with van der Waals surface area (Å²) in [5.74, 6) is 1.67. The van der Waals surface area contributed by atoms with E-state index in [2.05, 4.69) is 11.1 Å². The van der Waals surface area contributed by atoms with Crippen molar-refractivity contribution in [2.24, 2.45) is 0 Å². The Morgan fingerprint density at radius 3 is 2.69 bits per heavy atom. The van der Waals surface area contributed by atoms with Crippen LogP contribution in [0.3, 0.4) is 0 Å². The van der Waals surface area contributed by atoms with Gasteiger partial charge in [-0.05, 0) is 61.2 Å². The van der Waals surface area contributed by atoms with Gasteiger partial charge in [0.05, 0.1) is 14.2 Å². The lowest BCUT2D eigenvalue weighted by molar-refractivity contribution is 0.0731. The average Bonchev–Trinajstić information content (AvgIpc) is 3.43. The number of carbonyl (C=O) groups excluding carboxylic acids is 1. The number of methoxy groups -OCH3 is 2. The maximum atomic E-state index is 13.1. The minimum absolute atomic E-state index is 0.0198. The van der Waals surface area contributed by atoms with E-state index in [4.69, 9.17) is 9.47 Å². The number of nitrogens with zero attached hydrogens (tertiary/aromatic N) is 2. The van der Waals surface area contributed by atoms with Gasteiger partial charge < -0.3 is 14.4 Å². The number of hydrogen-bond donors (Lipinski definition) is 0. The van der Waals surface area contributed by atoms with Gasteiger partial charge in [-0.2, -0.15) is 0 Å². The molecular weight excluding hydrogens is 384 g/mol. The Morgan fingerprint density at radius 1 is 1.14 bits per heavy atom. The number of ether oxygens (including phenoxy) is 2. The monoisotopic (exact) mass is 408 g/mol. The molecule has 4 rings (SSSR count). The van der Waals surface area contributed by atoms with Gasteiger partial charge in [0, 0.05) is 23.5 Å². The predicted octanol–water partition coefficient (Wildman–Crippen LogP) is 4.67. The van der Waals surface area contributed by atoms with Gasteiger partial charge in [0.2, 0.25) is 0 Å². The molecule has 3 aromatic rings. The number of rotatable bonds is 6. The number of carbonyl (C=O) groups is 1. The highest BCUT2D eigenvalue weighted by Crippen LogP contribution is 2.29. The van der Waals surface area contributed by atoms with E-state index < -0.39 is 0 Å². The van der Waals surface area contributed by atoms with Crippen molar-refractivity contribution in [3.05, 3.63) is 65.2 Å². The Morgan fingerprint density at radius 2 is 1.93 bits per heavy atom. The molecular formula is C23H24N2O3S. The molecule has 1 aromatic heterocycles. The van der Waals surface area contributed by atoms with E-state index in [0.717, 1.165) is 47.9 Å². The molecule has 1 atom stereocenters. The molecule has 6 heteroatoms. The molecule has 0 bridgehead atoms. The van der Waals surface area contributed by atoms with Crippen LogP contribution in [0.15, 0.2) is 53.9 Å². The van der Waals surface area contributed by atoms with E-state index >= 15 is 0 Å². The van der Waals surface area contributed by atoms with E-state index in [1.807, 2.05) is 52.7 Å². The van der Waals surface area contributed by atoms with E-state index in [9.17, 15) is 4.79 Å². The highest BCUT2D eigenvalue weighted by molar-refractivity contribution is 7.13. The Labute approximate surface area is 174 Å². The standard InChI is InChI=1S/C23H24N2O3S/c1-27-19-10-8-17(9-11-19)22-24-21(15-29-22)23(26)25-12-4-6-18(25)13-16-5-3-7-20(14-16)28-2/h3,5,7-11,14-15,18H,4,6,12-13H2,1-2H3. The van der Waals surface area contributed by atoms with Crippen LogP contribution in [-0.2, 0) is 6.42 Å². The summed E-state index contributed by atoms with van der Waals surface area (Å²) in [5.41, 5.74) is 2.70. The van der Waals surface area contributed by atoms with Crippen molar-refractivity contribution in [3.63, 3.8) is 0 Å². The fourth-order valence-corrected chi connectivity index (χ4v) is 4.57. The first-order valence-electron chi connectivity index (χ1n) is 9.72. The topological polar surface area (TPSA) is 51.7 Å². The summed E-state index contributed by atoms with van der Waals surface area (Å²) in [4.78, 5) is 19.7. The third-order valence-electron chi connectivity index (χ3n) is 5.30. The summed E-state index contributed by atoms with van der Waals surface area (Å²) in [6.45, 7) is 0.781. The molecule has 0 spiro atoms. The molecule has 150 valence electrons. The quantitative estimate of drug-likeness (QED) is 0.595. The minimum Gasteiger partial charge on any atom is -0.497 e. The second kappa shape index (κ2) is 8.66. The van der Waals surface area contributed by atoms with Crippen molar-refractivity contribution in [1.82, 2.24) is 9.88 Å². The van der Waals surface area contributed by atoms with Gasteiger partial charge in [-0.15, -0.1) is 11.3 Å². The Balaban J connectivity index is 1.48. The Bertz CT molecular complexity index is 984. The molecule has 2 aromatic carbocycles. The summed E-state index contributed by atoms with van der Waals surface area (Å²) in [7, 11) is 3.32. The number of hydrogen-bond acceptors (Lipinski definition) is 5. The van der Waals surface area contributed by atoms with Crippen molar-refractivity contribution in [3.8, 4) is 22.1 Å². The van der Waals surface area contributed by atoms with Gasteiger partial charge >= 0.3 is 0 Å². The molecule has 1 fully saturated rings. The van der Waals surface area contributed by atoms with Gasteiger partial charge in [-0.1, -0.05) is 12.1 Å². The largest absolute Gasteiger partial charge is 0.497 e. The summed E-state index contributed by atoms with van der Waals surface area (Å²) < 4.78 is 10.5. The maximum absolute atomic E-state index is 13.1. The molecule has 1 aliphatic heterocycles. The van der Waals surface area contributed by atoms with Crippen LogP contribution in [0, 0.1) is 0 Å². The van der Waals surface area contributed by atoms with E-state index in [0.29, 0.717) is 5.69 Å². The third kappa shape index (κ3) is 4.27. The molecule has 1 saturated heterocycles. The molecule has 1 aliphatic rings. The molecule has 29 heavy (non-hydrogen) atoms. The van der Waals surface area contributed by atoms with Crippen LogP contribution in [0.25, 0.3) is 10.6 Å². The summed E-state index contributed by atoms with van der Waals surface area (Å²) in [5, 5.41) is 2.71. The zero-order valence-electron chi connectivity index (χ0n) is 16.6. The average molecular weight is 409 g/mol. The lowest BCUT2D eigenvalue weighted by atomic mass is 10.0. The zero-order valence-corrected chi connectivity index (χ0v) is 17.4. The summed E-state index contributed by atoms with van der Waals surface area (Å²) >= 11 is 1.50. The van der Waals surface area contributed by atoms with Gasteiger partial charge in [0.25, 0.3) is 5.91 Å². The van der Waals surface area contributed by atoms with Crippen LogP contribution >= 0.6 is 11.3 Å². The number of benzene rings is 2. The molecule has 0 N–H and O–H groups in total. The van der Waals surface area contributed by atoms with Crippen LogP contribution < -0.4 is 9.47 Å². The summed E-state index contributed by atoms with van der Waals surface area (Å²) in [6.07, 6.45) is 2.87. The van der Waals surface area contributed by atoms with Gasteiger partial charge in [0.15, 0.2) is 0 Å². The molecule has 0 aliphatic carbocycles. The Kier molecular flexibility index (Phi) is 5.81. The number of thiazole rings is 1. The normalized spacial score (nSPS) is 16.1. The van der Waals surface area contributed by atoms with E-state index in [1.165, 1.54) is 16.9 Å². The van der Waals surface area contributed by atoms with Crippen LogP contribution in [0.5, 0.6) is 11.5 Å². The van der Waals surface area contributed by atoms with Crippen molar-refractivity contribution < 1.29 is 14.3 Å². The molecule has 2 heterocycles. The van der Waals surface area contributed by atoms with Crippen molar-refractivity contribution in [2.45, 2.75) is 25.3 Å². The first-order valence-corrected chi connectivity index (χ1v) is 10.6. The van der Waals surface area contributed by atoms with Crippen molar-refractivity contribution in [2.75, 3.05) is 20.8 Å². The first kappa shape index (κ1) is 19.5. The summed E-state index contributed by atoms with van der Waals surface area (Å²) in [6, 6.07) is 16.0. The SMILES string of the molecule is COc1ccc(-c2nc(C(=O)N3CCCC3Cc3cccc(OC)c3)cs2)cc1. The lowest BCUT2D eigenvalue weighted by Gasteiger charge is -2.24. The fourth-order valence-electron chi connectivity index (χ4n) is 3.77. The number of amides is 1. The van der Waals surface area contributed by atoms with Crippen LogP contribution in [-0.4, -0.2) is 42.6 Å². The molecule has 1 amide bonds. The van der Waals surface area contributed by atoms with Crippen LogP contribution in [0.1, 0.15) is 28.9 Å². The van der Waals surface area contributed by atoms with Crippen molar-refractivity contribution in [1.29, 1.82) is 0 Å². The second-order valence-electron chi connectivity index (χ2n) is 7.12. The van der Waals surface area contributed by atoms with Gasteiger partial charge in [0.1, 0.15) is 22.2 Å². The van der Waals surface area contributed by atoms with E-state index in [1.54, 1.807) is 14.2 Å². The smallest absolute Gasteiger partial charge is 0.273 e. The molecule has 0 radical (unpaired) electrons. The van der Waals surface area contributed by atoms with Gasteiger partial charge in [-0.3, -0.25) is 4.79 Å². The fraction of sp³-hybridized carbons (Fsp3) is 0.304. The highest BCUT2D eigenvalue weighted by Gasteiger charge is 2.30. The predicted molar refractivity (Wildman–Crippen MR) is 115 cm³/mol. The first-order chi connectivity index (χ1) is 14.2. The molecule has 5 nitrogen and oxygen atoms in total. The lowest BCUT2D eigenvalue weighted by Crippen LogP contribution is -2.37.